The minimum atomic E-state index is -0.00288. The monoisotopic (exact) mass is 353 g/mol. The molecule has 6 heteroatoms. The van der Waals surface area contributed by atoms with E-state index in [1.165, 1.54) is 0 Å². The fourth-order valence-electron chi connectivity index (χ4n) is 2.90. The summed E-state index contributed by atoms with van der Waals surface area (Å²) < 4.78 is 0. The largest absolute Gasteiger partial charge is 0.353 e. The highest BCUT2D eigenvalue weighted by Crippen LogP contribution is 2.11. The summed E-state index contributed by atoms with van der Waals surface area (Å²) >= 11 is 0. The molecule has 24 heavy (non-hydrogen) atoms. The van der Waals surface area contributed by atoms with E-state index < -0.39 is 0 Å². The van der Waals surface area contributed by atoms with Crippen molar-refractivity contribution in [2.24, 2.45) is 5.92 Å². The van der Waals surface area contributed by atoms with Gasteiger partial charge < -0.3 is 15.5 Å². The van der Waals surface area contributed by atoms with Crippen molar-refractivity contribution in [1.29, 1.82) is 0 Å². The molecular formula is C18H28ClN3O2. The molecule has 0 spiro atoms. The van der Waals surface area contributed by atoms with Crippen LogP contribution in [-0.4, -0.2) is 42.4 Å². The van der Waals surface area contributed by atoms with Crippen LogP contribution >= 0.6 is 12.4 Å². The standard InChI is InChI=1S/C18H27N3O2.ClH/c1-14-12-19-10-8-17(14)20-18(23)9-11-21(15(2)22)13-16-6-4-3-5-7-16;/h3-7,14,17,19H,8-13H2,1-2H3,(H,20,23);1H. The van der Waals surface area contributed by atoms with Crippen molar-refractivity contribution in [1.82, 2.24) is 15.5 Å². The van der Waals surface area contributed by atoms with Crippen molar-refractivity contribution in [3.8, 4) is 0 Å². The summed E-state index contributed by atoms with van der Waals surface area (Å²) in [6.45, 7) is 6.59. The van der Waals surface area contributed by atoms with Gasteiger partial charge in [-0.3, -0.25) is 9.59 Å². The maximum atomic E-state index is 12.2. The molecule has 0 saturated carbocycles. The molecule has 2 atom stereocenters. The van der Waals surface area contributed by atoms with Crippen LogP contribution in [0.15, 0.2) is 30.3 Å². The number of nitrogens with zero attached hydrogens (tertiary/aromatic N) is 1. The lowest BCUT2D eigenvalue weighted by molar-refractivity contribution is -0.130. The Labute approximate surface area is 150 Å². The predicted molar refractivity (Wildman–Crippen MR) is 98.0 cm³/mol. The van der Waals surface area contributed by atoms with E-state index in [0.29, 0.717) is 25.4 Å². The summed E-state index contributed by atoms with van der Waals surface area (Å²) in [5.74, 6) is 0.473. The number of hydrogen-bond acceptors (Lipinski definition) is 3. The van der Waals surface area contributed by atoms with E-state index in [4.69, 9.17) is 0 Å². The first kappa shape index (κ1) is 20.5. The Morgan fingerprint density at radius 2 is 2.00 bits per heavy atom. The average molecular weight is 354 g/mol. The summed E-state index contributed by atoms with van der Waals surface area (Å²) in [7, 11) is 0. The van der Waals surface area contributed by atoms with Gasteiger partial charge in [-0.1, -0.05) is 37.3 Å². The molecule has 1 aromatic rings. The van der Waals surface area contributed by atoms with Crippen LogP contribution in [0.2, 0.25) is 0 Å². The van der Waals surface area contributed by atoms with Crippen molar-refractivity contribution < 1.29 is 9.59 Å². The van der Waals surface area contributed by atoms with Crippen LogP contribution in [0.4, 0.5) is 0 Å². The van der Waals surface area contributed by atoms with E-state index in [2.05, 4.69) is 17.6 Å². The minimum Gasteiger partial charge on any atom is -0.353 e. The van der Waals surface area contributed by atoms with Crippen LogP contribution in [0.5, 0.6) is 0 Å². The van der Waals surface area contributed by atoms with E-state index in [1.807, 2.05) is 30.3 Å². The molecule has 2 N–H and O–H groups in total. The van der Waals surface area contributed by atoms with Crippen molar-refractivity contribution >= 4 is 24.2 Å². The van der Waals surface area contributed by atoms with E-state index in [0.717, 1.165) is 25.1 Å². The van der Waals surface area contributed by atoms with Gasteiger partial charge in [0.1, 0.15) is 0 Å². The normalized spacial score (nSPS) is 19.9. The molecule has 2 amide bonds. The topological polar surface area (TPSA) is 61.4 Å². The third-order valence-corrected chi connectivity index (χ3v) is 4.40. The number of amides is 2. The number of carbonyl (C=O) groups is 2. The molecule has 134 valence electrons. The zero-order valence-electron chi connectivity index (χ0n) is 14.5. The third kappa shape index (κ3) is 6.49. The van der Waals surface area contributed by atoms with Gasteiger partial charge in [0, 0.05) is 32.5 Å². The summed E-state index contributed by atoms with van der Waals surface area (Å²) in [6, 6.07) is 10.1. The highest BCUT2D eigenvalue weighted by Gasteiger charge is 2.22. The van der Waals surface area contributed by atoms with Gasteiger partial charge in [-0.25, -0.2) is 0 Å². The van der Waals surface area contributed by atoms with Crippen molar-refractivity contribution in [3.63, 3.8) is 0 Å². The lowest BCUT2D eigenvalue weighted by Gasteiger charge is -2.30. The second-order valence-corrected chi connectivity index (χ2v) is 6.32. The highest BCUT2D eigenvalue weighted by molar-refractivity contribution is 5.85. The molecule has 0 bridgehead atoms. The summed E-state index contributed by atoms with van der Waals surface area (Å²) in [6.07, 6.45) is 1.32. The van der Waals surface area contributed by atoms with Gasteiger partial charge in [0.15, 0.2) is 0 Å². The molecule has 2 unspecified atom stereocenters. The Hall–Kier alpha value is -1.59. The molecular weight excluding hydrogens is 326 g/mol. The van der Waals surface area contributed by atoms with Crippen LogP contribution in [0.1, 0.15) is 32.3 Å². The maximum Gasteiger partial charge on any atom is 0.222 e. The first-order valence-electron chi connectivity index (χ1n) is 8.36. The second kappa shape index (κ2) is 10.3. The van der Waals surface area contributed by atoms with Crippen LogP contribution in [-0.2, 0) is 16.1 Å². The number of piperidine rings is 1. The lowest BCUT2D eigenvalue weighted by atomic mass is 9.95. The Morgan fingerprint density at radius 1 is 1.29 bits per heavy atom. The number of rotatable bonds is 6. The van der Waals surface area contributed by atoms with Gasteiger partial charge in [-0.2, -0.15) is 0 Å². The molecule has 0 aliphatic carbocycles. The number of hydrogen-bond donors (Lipinski definition) is 2. The molecule has 1 fully saturated rings. The fraction of sp³-hybridized carbons (Fsp3) is 0.556. The van der Waals surface area contributed by atoms with Crippen LogP contribution in [0, 0.1) is 5.92 Å². The Balaban J connectivity index is 0.00000288. The first-order chi connectivity index (χ1) is 11.1. The van der Waals surface area contributed by atoms with Gasteiger partial charge in [0.2, 0.25) is 11.8 Å². The van der Waals surface area contributed by atoms with E-state index >= 15 is 0 Å². The summed E-state index contributed by atoms with van der Waals surface area (Å²) in [4.78, 5) is 25.7. The molecule has 1 aliphatic rings. The first-order valence-corrected chi connectivity index (χ1v) is 8.36. The van der Waals surface area contributed by atoms with Gasteiger partial charge >= 0.3 is 0 Å². The highest BCUT2D eigenvalue weighted by atomic mass is 35.5. The van der Waals surface area contributed by atoms with Crippen LogP contribution in [0.25, 0.3) is 0 Å². The number of carbonyl (C=O) groups excluding carboxylic acids is 2. The van der Waals surface area contributed by atoms with E-state index in [1.54, 1.807) is 11.8 Å². The second-order valence-electron chi connectivity index (χ2n) is 6.32. The zero-order valence-corrected chi connectivity index (χ0v) is 15.3. The number of halogens is 1. The Kier molecular flexibility index (Phi) is 8.79. The van der Waals surface area contributed by atoms with E-state index in [-0.39, 0.29) is 30.3 Å². The Morgan fingerprint density at radius 3 is 2.62 bits per heavy atom. The van der Waals surface area contributed by atoms with Gasteiger partial charge in [-0.05, 0) is 31.0 Å². The predicted octanol–water partition coefficient (Wildman–Crippen LogP) is 1.96. The molecule has 1 saturated heterocycles. The zero-order chi connectivity index (χ0) is 16.7. The van der Waals surface area contributed by atoms with Crippen molar-refractivity contribution in [3.05, 3.63) is 35.9 Å². The van der Waals surface area contributed by atoms with E-state index in [9.17, 15) is 9.59 Å². The lowest BCUT2D eigenvalue weighted by Crippen LogP contribution is -2.48. The summed E-state index contributed by atoms with van der Waals surface area (Å²) in [5.41, 5.74) is 1.08. The summed E-state index contributed by atoms with van der Waals surface area (Å²) in [5, 5.41) is 6.44. The maximum absolute atomic E-state index is 12.2. The van der Waals surface area contributed by atoms with Gasteiger partial charge in [-0.15, -0.1) is 12.4 Å². The smallest absolute Gasteiger partial charge is 0.222 e. The molecule has 1 heterocycles. The molecule has 1 aliphatic heterocycles. The number of benzene rings is 1. The number of nitrogens with one attached hydrogen (secondary N) is 2. The van der Waals surface area contributed by atoms with Gasteiger partial charge in [0.05, 0.1) is 0 Å². The van der Waals surface area contributed by atoms with Crippen LogP contribution in [0.3, 0.4) is 0 Å². The Bertz CT molecular complexity index is 524. The fourth-order valence-corrected chi connectivity index (χ4v) is 2.90. The molecule has 5 nitrogen and oxygen atoms in total. The van der Waals surface area contributed by atoms with Crippen LogP contribution < -0.4 is 10.6 Å². The molecule has 2 rings (SSSR count). The average Bonchev–Trinajstić information content (AvgIpc) is 2.54. The molecule has 0 radical (unpaired) electrons. The molecule has 0 aromatic heterocycles. The molecule has 1 aromatic carbocycles. The third-order valence-electron chi connectivity index (χ3n) is 4.40. The minimum absolute atomic E-state index is 0. The van der Waals surface area contributed by atoms with Gasteiger partial charge in [0.25, 0.3) is 0 Å². The van der Waals surface area contributed by atoms with Crippen molar-refractivity contribution in [2.75, 3.05) is 19.6 Å². The van der Waals surface area contributed by atoms with Crippen molar-refractivity contribution in [2.45, 2.75) is 39.3 Å². The SMILES string of the molecule is CC(=O)N(CCC(=O)NC1CCNCC1C)Cc1ccccc1.Cl. The quantitative estimate of drug-likeness (QED) is 0.821.